The number of amides is 3. The lowest BCUT2D eigenvalue weighted by Gasteiger charge is -2.10. The van der Waals surface area contributed by atoms with Crippen molar-refractivity contribution in [2.75, 3.05) is 6.61 Å². The second kappa shape index (κ2) is 10.8. The van der Waals surface area contributed by atoms with Crippen molar-refractivity contribution in [2.45, 2.75) is 6.92 Å². The lowest BCUT2D eigenvalue weighted by molar-refractivity contribution is -0.145. The summed E-state index contributed by atoms with van der Waals surface area (Å²) in [6.07, 6.45) is 1.43. The van der Waals surface area contributed by atoms with E-state index in [0.29, 0.717) is 15.6 Å². The Bertz CT molecular complexity index is 944. The highest BCUT2D eigenvalue weighted by atomic mass is 79.9. The number of carbonyl (C=O) groups is 4. The molecule has 0 aliphatic rings. The van der Waals surface area contributed by atoms with Crippen molar-refractivity contribution < 1.29 is 23.9 Å². The van der Waals surface area contributed by atoms with Crippen LogP contribution in [0.25, 0.3) is 6.08 Å². The molecule has 0 spiro atoms. The number of ether oxygens (including phenoxy) is 1. The van der Waals surface area contributed by atoms with Crippen LogP contribution >= 0.6 is 15.9 Å². The molecular formula is C20H18BrN3O5. The number of hydrogen-bond acceptors (Lipinski definition) is 5. The molecule has 0 heterocycles. The van der Waals surface area contributed by atoms with Crippen LogP contribution in [0.15, 0.2) is 64.8 Å². The van der Waals surface area contributed by atoms with Gasteiger partial charge in [0.25, 0.3) is 11.8 Å². The summed E-state index contributed by atoms with van der Waals surface area (Å²) in [7, 11) is 0. The second-order valence-corrected chi connectivity index (χ2v) is 6.56. The highest BCUT2D eigenvalue weighted by Crippen LogP contribution is 2.15. The first-order valence-corrected chi connectivity index (χ1v) is 9.21. The predicted octanol–water partition coefficient (Wildman–Crippen LogP) is 1.93. The van der Waals surface area contributed by atoms with Gasteiger partial charge in [0, 0.05) is 11.4 Å². The van der Waals surface area contributed by atoms with Crippen LogP contribution in [0.1, 0.15) is 22.8 Å². The van der Waals surface area contributed by atoms with Crippen LogP contribution in [-0.2, 0) is 19.1 Å². The van der Waals surface area contributed by atoms with Gasteiger partial charge in [-0.15, -0.1) is 0 Å². The summed E-state index contributed by atoms with van der Waals surface area (Å²) in [5.74, 6) is -2.65. The van der Waals surface area contributed by atoms with Crippen molar-refractivity contribution in [3.05, 3.63) is 75.9 Å². The third kappa shape index (κ3) is 7.23. The number of rotatable bonds is 6. The van der Waals surface area contributed by atoms with Crippen LogP contribution < -0.4 is 16.2 Å². The molecule has 150 valence electrons. The first-order valence-electron chi connectivity index (χ1n) is 8.42. The smallest absolute Gasteiger partial charge is 0.355 e. The molecule has 0 bridgehead atoms. The van der Waals surface area contributed by atoms with Crippen LogP contribution in [-0.4, -0.2) is 30.3 Å². The maximum atomic E-state index is 12.2. The summed E-state index contributed by atoms with van der Waals surface area (Å²) in [5.41, 5.74) is 5.24. The van der Waals surface area contributed by atoms with Gasteiger partial charge in [0.15, 0.2) is 6.61 Å². The molecule has 8 nitrogen and oxygen atoms in total. The van der Waals surface area contributed by atoms with Crippen LogP contribution in [0.4, 0.5) is 0 Å². The van der Waals surface area contributed by atoms with Gasteiger partial charge in [-0.2, -0.15) is 0 Å². The molecule has 0 unspecified atom stereocenters. The Kier molecular flexibility index (Phi) is 8.11. The Morgan fingerprint density at radius 1 is 0.966 bits per heavy atom. The van der Waals surface area contributed by atoms with E-state index in [9.17, 15) is 19.2 Å². The van der Waals surface area contributed by atoms with Gasteiger partial charge in [0.05, 0.1) is 5.56 Å². The SMILES string of the molecule is CC(=O)N/C(=C\c1ccccc1)C(=O)OCC(=O)NNC(=O)c1ccccc1Br. The average molecular weight is 460 g/mol. The molecule has 2 rings (SSSR count). The van der Waals surface area contributed by atoms with Gasteiger partial charge < -0.3 is 10.1 Å². The summed E-state index contributed by atoms with van der Waals surface area (Å²) in [6, 6.07) is 15.5. The van der Waals surface area contributed by atoms with E-state index in [0.717, 1.165) is 0 Å². The quantitative estimate of drug-likeness (QED) is 0.347. The molecule has 3 N–H and O–H groups in total. The van der Waals surface area contributed by atoms with E-state index in [-0.39, 0.29) is 5.70 Å². The Labute approximate surface area is 175 Å². The van der Waals surface area contributed by atoms with E-state index in [1.165, 1.54) is 13.0 Å². The average Bonchev–Trinajstić information content (AvgIpc) is 2.70. The molecule has 0 radical (unpaired) electrons. The number of benzene rings is 2. The molecule has 0 aromatic heterocycles. The Morgan fingerprint density at radius 3 is 2.28 bits per heavy atom. The third-order valence-electron chi connectivity index (χ3n) is 3.41. The molecule has 0 saturated carbocycles. The maximum absolute atomic E-state index is 12.2. The number of carbonyl (C=O) groups excluding carboxylic acids is 4. The van der Waals surface area contributed by atoms with Crippen molar-refractivity contribution in [1.29, 1.82) is 0 Å². The Balaban J connectivity index is 1.91. The van der Waals surface area contributed by atoms with E-state index in [1.54, 1.807) is 54.6 Å². The normalized spacial score (nSPS) is 10.6. The summed E-state index contributed by atoms with van der Waals surface area (Å²) in [4.78, 5) is 47.4. The molecule has 0 aliphatic heterocycles. The van der Waals surface area contributed by atoms with E-state index in [1.807, 2.05) is 0 Å². The molecule has 0 saturated heterocycles. The molecule has 3 amide bonds. The lowest BCUT2D eigenvalue weighted by atomic mass is 10.2. The van der Waals surface area contributed by atoms with Gasteiger partial charge in [0.2, 0.25) is 5.91 Å². The number of nitrogens with one attached hydrogen (secondary N) is 3. The second-order valence-electron chi connectivity index (χ2n) is 5.71. The molecule has 29 heavy (non-hydrogen) atoms. The number of hydrazine groups is 1. The molecule has 0 aliphatic carbocycles. The van der Waals surface area contributed by atoms with Crippen LogP contribution in [0.5, 0.6) is 0 Å². The van der Waals surface area contributed by atoms with E-state index >= 15 is 0 Å². The van der Waals surface area contributed by atoms with Crippen molar-refractivity contribution in [3.8, 4) is 0 Å². The van der Waals surface area contributed by atoms with Crippen LogP contribution in [0.3, 0.4) is 0 Å². The number of halogens is 1. The fraction of sp³-hybridized carbons (Fsp3) is 0.100. The molecular weight excluding hydrogens is 442 g/mol. The standard InChI is InChI=1S/C20H18BrN3O5/c1-13(25)22-17(11-14-7-3-2-4-8-14)20(28)29-12-18(26)23-24-19(27)15-9-5-6-10-16(15)21/h2-11H,12H2,1H3,(H,22,25)(H,23,26)(H,24,27)/b17-11-. The van der Waals surface area contributed by atoms with Crippen molar-refractivity contribution in [3.63, 3.8) is 0 Å². The number of esters is 1. The first kappa shape index (κ1) is 21.8. The van der Waals surface area contributed by atoms with Crippen molar-refractivity contribution >= 4 is 45.7 Å². The summed E-state index contributed by atoms with van der Waals surface area (Å²) in [5, 5.41) is 2.37. The zero-order valence-electron chi connectivity index (χ0n) is 15.4. The Morgan fingerprint density at radius 2 is 1.62 bits per heavy atom. The molecule has 2 aromatic rings. The first-order chi connectivity index (χ1) is 13.9. The highest BCUT2D eigenvalue weighted by molar-refractivity contribution is 9.10. The minimum atomic E-state index is -0.892. The maximum Gasteiger partial charge on any atom is 0.355 e. The molecule has 0 atom stereocenters. The zero-order valence-corrected chi connectivity index (χ0v) is 17.0. The van der Waals surface area contributed by atoms with Crippen LogP contribution in [0.2, 0.25) is 0 Å². The van der Waals surface area contributed by atoms with E-state index < -0.39 is 30.3 Å². The highest BCUT2D eigenvalue weighted by Gasteiger charge is 2.16. The lowest BCUT2D eigenvalue weighted by Crippen LogP contribution is -2.44. The fourth-order valence-corrected chi connectivity index (χ4v) is 2.60. The fourth-order valence-electron chi connectivity index (χ4n) is 2.14. The van der Waals surface area contributed by atoms with Crippen molar-refractivity contribution in [2.24, 2.45) is 0 Å². The molecule has 2 aromatic carbocycles. The van der Waals surface area contributed by atoms with Gasteiger partial charge >= 0.3 is 5.97 Å². The van der Waals surface area contributed by atoms with Gasteiger partial charge in [-0.1, -0.05) is 42.5 Å². The van der Waals surface area contributed by atoms with E-state index in [4.69, 9.17) is 4.74 Å². The topological polar surface area (TPSA) is 114 Å². The third-order valence-corrected chi connectivity index (χ3v) is 4.10. The van der Waals surface area contributed by atoms with Gasteiger partial charge in [-0.05, 0) is 39.7 Å². The van der Waals surface area contributed by atoms with Crippen molar-refractivity contribution in [1.82, 2.24) is 16.2 Å². The molecule has 0 fully saturated rings. The number of hydrogen-bond donors (Lipinski definition) is 3. The zero-order chi connectivity index (χ0) is 21.2. The molecule has 9 heteroatoms. The van der Waals surface area contributed by atoms with E-state index in [2.05, 4.69) is 32.1 Å². The largest absolute Gasteiger partial charge is 0.451 e. The van der Waals surface area contributed by atoms with Gasteiger partial charge in [-0.3, -0.25) is 25.2 Å². The minimum Gasteiger partial charge on any atom is -0.451 e. The van der Waals surface area contributed by atoms with Gasteiger partial charge in [-0.25, -0.2) is 4.79 Å². The summed E-state index contributed by atoms with van der Waals surface area (Å²) in [6.45, 7) is 0.594. The predicted molar refractivity (Wildman–Crippen MR) is 109 cm³/mol. The minimum absolute atomic E-state index is 0.117. The monoisotopic (exact) mass is 459 g/mol. The van der Waals surface area contributed by atoms with Gasteiger partial charge in [0.1, 0.15) is 5.70 Å². The summed E-state index contributed by atoms with van der Waals surface area (Å²) >= 11 is 3.23. The van der Waals surface area contributed by atoms with Crippen LogP contribution in [0, 0.1) is 0 Å². The Hall–Kier alpha value is -3.46. The summed E-state index contributed by atoms with van der Waals surface area (Å²) < 4.78 is 5.47.